The molecule has 0 N–H and O–H groups in total. The first-order valence-electron chi connectivity index (χ1n) is 6.82. The van der Waals surface area contributed by atoms with Gasteiger partial charge in [-0.25, -0.2) is 4.68 Å². The predicted molar refractivity (Wildman–Crippen MR) is 82.3 cm³/mol. The van der Waals surface area contributed by atoms with E-state index in [1.165, 1.54) is 0 Å². The minimum absolute atomic E-state index is 0.496. The average molecular weight is 290 g/mol. The molecule has 0 aliphatic rings. The largest absolute Gasteiger partial charge is 0.497 e. The van der Waals surface area contributed by atoms with Crippen LogP contribution in [0.4, 0.5) is 0 Å². The van der Waals surface area contributed by atoms with Crippen molar-refractivity contribution in [3.8, 4) is 23.1 Å². The molecule has 3 aromatic rings. The van der Waals surface area contributed by atoms with Gasteiger partial charge in [0.2, 0.25) is 0 Å². The molecule has 0 fully saturated rings. The smallest absolute Gasteiger partial charge is 0.119 e. The zero-order chi connectivity index (χ0) is 15.4. The minimum atomic E-state index is 0.496. The molecular weight excluding hydrogens is 276 g/mol. The van der Waals surface area contributed by atoms with E-state index >= 15 is 0 Å². The van der Waals surface area contributed by atoms with E-state index in [0.29, 0.717) is 12.1 Å². The first-order valence-corrected chi connectivity index (χ1v) is 6.82. The molecule has 0 aliphatic carbocycles. The van der Waals surface area contributed by atoms with Gasteiger partial charge in [-0.1, -0.05) is 35.5 Å². The number of hydrogen-bond donors (Lipinski definition) is 0. The topological polar surface area (TPSA) is 63.7 Å². The Hall–Kier alpha value is -3.13. The van der Waals surface area contributed by atoms with Crippen molar-refractivity contribution in [2.75, 3.05) is 7.11 Å². The molecule has 0 aliphatic heterocycles. The van der Waals surface area contributed by atoms with Crippen LogP contribution in [0.25, 0.3) is 11.3 Å². The van der Waals surface area contributed by atoms with E-state index in [0.717, 1.165) is 22.6 Å². The Morgan fingerprint density at radius 2 is 2.05 bits per heavy atom. The van der Waals surface area contributed by atoms with Crippen molar-refractivity contribution in [2.24, 2.45) is 0 Å². The molecule has 2 aromatic carbocycles. The third-order valence-corrected chi connectivity index (χ3v) is 3.44. The maximum atomic E-state index is 9.19. The first-order chi connectivity index (χ1) is 10.8. The first kappa shape index (κ1) is 13.8. The lowest BCUT2D eigenvalue weighted by Crippen LogP contribution is -2.05. The lowest BCUT2D eigenvalue weighted by atomic mass is 10.1. The van der Waals surface area contributed by atoms with E-state index in [2.05, 4.69) is 16.4 Å². The minimum Gasteiger partial charge on any atom is -0.497 e. The fourth-order valence-electron chi connectivity index (χ4n) is 2.31. The van der Waals surface area contributed by atoms with Crippen molar-refractivity contribution in [1.82, 2.24) is 15.0 Å². The lowest BCUT2D eigenvalue weighted by molar-refractivity contribution is 0.415. The summed E-state index contributed by atoms with van der Waals surface area (Å²) < 4.78 is 7.04. The van der Waals surface area contributed by atoms with Crippen LogP contribution >= 0.6 is 0 Å². The molecule has 0 radical (unpaired) electrons. The van der Waals surface area contributed by atoms with Gasteiger partial charge in [-0.05, 0) is 23.8 Å². The van der Waals surface area contributed by atoms with Crippen molar-refractivity contribution < 1.29 is 4.74 Å². The molecule has 0 atom stereocenters. The molecule has 0 saturated carbocycles. The molecule has 0 saturated heterocycles. The van der Waals surface area contributed by atoms with Gasteiger partial charge in [0.1, 0.15) is 5.75 Å². The van der Waals surface area contributed by atoms with Crippen molar-refractivity contribution in [3.63, 3.8) is 0 Å². The highest BCUT2D eigenvalue weighted by Gasteiger charge is 2.10. The number of nitrogens with zero attached hydrogens (tertiary/aromatic N) is 4. The Morgan fingerprint density at radius 3 is 2.86 bits per heavy atom. The standard InChI is InChI=1S/C17H14N4O/c1-22-16-8-4-7-13(9-16)17-11-19-20-21(17)12-15-6-3-2-5-14(15)10-18/h2-9,11H,12H2,1H3. The highest BCUT2D eigenvalue weighted by atomic mass is 16.5. The average Bonchev–Trinajstić information content (AvgIpc) is 3.03. The third-order valence-electron chi connectivity index (χ3n) is 3.44. The molecule has 0 bridgehead atoms. The summed E-state index contributed by atoms with van der Waals surface area (Å²) in [6, 6.07) is 17.4. The molecule has 108 valence electrons. The molecule has 5 nitrogen and oxygen atoms in total. The Morgan fingerprint density at radius 1 is 1.18 bits per heavy atom. The zero-order valence-electron chi connectivity index (χ0n) is 12.1. The van der Waals surface area contributed by atoms with E-state index < -0.39 is 0 Å². The van der Waals surface area contributed by atoms with Crippen LogP contribution in [0.5, 0.6) is 5.75 Å². The van der Waals surface area contributed by atoms with E-state index in [-0.39, 0.29) is 0 Å². The number of benzene rings is 2. The molecule has 3 rings (SSSR count). The fourth-order valence-corrected chi connectivity index (χ4v) is 2.31. The molecule has 0 unspecified atom stereocenters. The fraction of sp³-hybridized carbons (Fsp3) is 0.118. The molecule has 0 amide bonds. The Balaban J connectivity index is 1.97. The number of ether oxygens (including phenoxy) is 1. The number of aromatic nitrogens is 3. The second kappa shape index (κ2) is 6.10. The lowest BCUT2D eigenvalue weighted by Gasteiger charge is -2.08. The Kier molecular flexibility index (Phi) is 3.84. The van der Waals surface area contributed by atoms with Gasteiger partial charge in [0.05, 0.1) is 37.2 Å². The van der Waals surface area contributed by atoms with E-state index in [4.69, 9.17) is 4.74 Å². The second-order valence-electron chi connectivity index (χ2n) is 4.78. The quantitative estimate of drug-likeness (QED) is 0.741. The van der Waals surface area contributed by atoms with E-state index in [1.54, 1.807) is 24.1 Å². The molecule has 0 spiro atoms. The van der Waals surface area contributed by atoms with Crippen molar-refractivity contribution >= 4 is 0 Å². The third kappa shape index (κ3) is 2.67. The van der Waals surface area contributed by atoms with E-state index in [1.807, 2.05) is 42.5 Å². The van der Waals surface area contributed by atoms with Gasteiger partial charge in [-0.2, -0.15) is 5.26 Å². The SMILES string of the molecule is COc1cccc(-c2cnnn2Cc2ccccc2C#N)c1. The van der Waals surface area contributed by atoms with Crippen LogP contribution in [0, 0.1) is 11.3 Å². The molecule has 1 heterocycles. The summed E-state index contributed by atoms with van der Waals surface area (Å²) in [5.74, 6) is 0.780. The summed E-state index contributed by atoms with van der Waals surface area (Å²) in [5.41, 5.74) is 3.42. The maximum absolute atomic E-state index is 9.19. The van der Waals surface area contributed by atoms with Crippen LogP contribution in [0.1, 0.15) is 11.1 Å². The van der Waals surface area contributed by atoms with Gasteiger partial charge in [0, 0.05) is 5.56 Å². The monoisotopic (exact) mass is 290 g/mol. The number of rotatable bonds is 4. The van der Waals surface area contributed by atoms with Gasteiger partial charge in [-0.15, -0.1) is 5.10 Å². The molecular formula is C17H14N4O. The van der Waals surface area contributed by atoms with Crippen LogP contribution in [0.2, 0.25) is 0 Å². The normalized spacial score (nSPS) is 10.2. The zero-order valence-corrected chi connectivity index (χ0v) is 12.1. The maximum Gasteiger partial charge on any atom is 0.119 e. The summed E-state index contributed by atoms with van der Waals surface area (Å²) in [5, 5.41) is 17.3. The van der Waals surface area contributed by atoms with Crippen molar-refractivity contribution in [3.05, 3.63) is 65.9 Å². The predicted octanol–water partition coefficient (Wildman–Crippen LogP) is 2.87. The van der Waals surface area contributed by atoms with Gasteiger partial charge in [-0.3, -0.25) is 0 Å². The summed E-state index contributed by atoms with van der Waals surface area (Å²) in [4.78, 5) is 0. The van der Waals surface area contributed by atoms with Crippen LogP contribution in [-0.4, -0.2) is 22.1 Å². The number of methoxy groups -OCH3 is 1. The summed E-state index contributed by atoms with van der Waals surface area (Å²) in [6.07, 6.45) is 1.71. The summed E-state index contributed by atoms with van der Waals surface area (Å²) in [6.45, 7) is 0.496. The Labute approximate surface area is 128 Å². The molecule has 5 heteroatoms. The highest BCUT2D eigenvalue weighted by Crippen LogP contribution is 2.23. The van der Waals surface area contributed by atoms with Crippen LogP contribution in [-0.2, 0) is 6.54 Å². The van der Waals surface area contributed by atoms with Crippen molar-refractivity contribution in [2.45, 2.75) is 6.54 Å². The Bertz CT molecular complexity index is 832. The molecule has 22 heavy (non-hydrogen) atoms. The second-order valence-corrected chi connectivity index (χ2v) is 4.78. The number of hydrogen-bond acceptors (Lipinski definition) is 4. The summed E-state index contributed by atoms with van der Waals surface area (Å²) in [7, 11) is 1.64. The van der Waals surface area contributed by atoms with E-state index in [9.17, 15) is 5.26 Å². The van der Waals surface area contributed by atoms with Crippen molar-refractivity contribution in [1.29, 1.82) is 5.26 Å². The van der Waals surface area contributed by atoms with Crippen LogP contribution < -0.4 is 4.74 Å². The van der Waals surface area contributed by atoms with Gasteiger partial charge in [0.15, 0.2) is 0 Å². The van der Waals surface area contributed by atoms with Gasteiger partial charge >= 0.3 is 0 Å². The van der Waals surface area contributed by atoms with Crippen LogP contribution in [0.3, 0.4) is 0 Å². The number of nitriles is 1. The van der Waals surface area contributed by atoms with Crippen LogP contribution in [0.15, 0.2) is 54.7 Å². The summed E-state index contributed by atoms with van der Waals surface area (Å²) >= 11 is 0. The highest BCUT2D eigenvalue weighted by molar-refractivity contribution is 5.60. The van der Waals surface area contributed by atoms with Gasteiger partial charge < -0.3 is 4.74 Å². The molecule has 1 aromatic heterocycles. The van der Waals surface area contributed by atoms with Gasteiger partial charge in [0.25, 0.3) is 0 Å².